The van der Waals surface area contributed by atoms with E-state index in [9.17, 15) is 9.59 Å². The molecule has 2 heterocycles. The van der Waals surface area contributed by atoms with Crippen molar-refractivity contribution in [2.75, 3.05) is 5.01 Å². The Hall–Kier alpha value is -1.42. The maximum absolute atomic E-state index is 11.3. The second-order valence-electron chi connectivity index (χ2n) is 2.85. The zero-order chi connectivity index (χ0) is 9.26. The van der Waals surface area contributed by atoms with Gasteiger partial charge in [0, 0.05) is 25.0 Å². The summed E-state index contributed by atoms with van der Waals surface area (Å²) in [6, 6.07) is 5.39. The van der Waals surface area contributed by atoms with E-state index < -0.39 is 0 Å². The number of aromatic nitrogens is 1. The minimum absolute atomic E-state index is 0. The lowest BCUT2D eigenvalue weighted by Crippen LogP contribution is -3.00. The van der Waals surface area contributed by atoms with E-state index in [0.29, 0.717) is 12.8 Å². The van der Waals surface area contributed by atoms with Gasteiger partial charge in [-0.25, -0.2) is 0 Å². The van der Waals surface area contributed by atoms with Crippen molar-refractivity contribution in [1.82, 2.24) is 0 Å². The van der Waals surface area contributed by atoms with Crippen LogP contribution in [-0.4, -0.2) is 11.8 Å². The van der Waals surface area contributed by atoms with E-state index in [1.165, 1.54) is 9.69 Å². The van der Waals surface area contributed by atoms with Crippen LogP contribution < -0.4 is 22.1 Å². The Morgan fingerprint density at radius 1 is 1.00 bits per heavy atom. The molecule has 0 unspecified atom stereocenters. The summed E-state index contributed by atoms with van der Waals surface area (Å²) in [7, 11) is 0. The van der Waals surface area contributed by atoms with Crippen molar-refractivity contribution in [3.8, 4) is 0 Å². The van der Waals surface area contributed by atoms with Crippen LogP contribution in [0.3, 0.4) is 0 Å². The van der Waals surface area contributed by atoms with Gasteiger partial charge in [-0.3, -0.25) is 9.59 Å². The van der Waals surface area contributed by atoms with Crippen molar-refractivity contribution < 1.29 is 26.7 Å². The number of imide groups is 1. The summed E-state index contributed by atoms with van der Waals surface area (Å²) >= 11 is 0. The normalized spacial score (nSPS) is 15.6. The van der Waals surface area contributed by atoms with E-state index in [4.69, 9.17) is 0 Å². The second-order valence-corrected chi connectivity index (χ2v) is 2.85. The first-order valence-corrected chi connectivity index (χ1v) is 4.11. The minimum Gasteiger partial charge on any atom is -1.00 e. The lowest BCUT2D eigenvalue weighted by Gasteiger charge is -2.04. The fourth-order valence-corrected chi connectivity index (χ4v) is 1.35. The molecule has 4 nitrogen and oxygen atoms in total. The van der Waals surface area contributed by atoms with E-state index >= 15 is 0 Å². The summed E-state index contributed by atoms with van der Waals surface area (Å²) < 4.78 is 1.51. The first-order valence-electron chi connectivity index (χ1n) is 4.11. The molecule has 14 heavy (non-hydrogen) atoms. The van der Waals surface area contributed by atoms with Gasteiger partial charge in [0.25, 0.3) is 11.8 Å². The third-order valence-corrected chi connectivity index (χ3v) is 1.96. The third kappa shape index (κ3) is 1.75. The van der Waals surface area contributed by atoms with E-state index in [2.05, 4.69) is 0 Å². The molecule has 74 valence electrons. The minimum atomic E-state index is -0.138. The Bertz CT molecular complexity index is 337. The van der Waals surface area contributed by atoms with Crippen molar-refractivity contribution in [2.24, 2.45) is 0 Å². The number of pyridine rings is 1. The first-order chi connectivity index (χ1) is 6.29. The lowest BCUT2D eigenvalue weighted by molar-refractivity contribution is -0.673. The highest BCUT2D eigenvalue weighted by atomic mass is 35.5. The van der Waals surface area contributed by atoms with E-state index in [1.54, 1.807) is 24.5 Å². The first kappa shape index (κ1) is 10.7. The Morgan fingerprint density at radius 3 is 2.00 bits per heavy atom. The average Bonchev–Trinajstić information content (AvgIpc) is 2.48. The molecule has 1 fully saturated rings. The molecular weight excluding hydrogens is 204 g/mol. The van der Waals surface area contributed by atoms with E-state index in [1.807, 2.05) is 6.07 Å². The van der Waals surface area contributed by atoms with Crippen LogP contribution in [0.2, 0.25) is 0 Å². The van der Waals surface area contributed by atoms with Crippen LogP contribution in [-0.2, 0) is 9.59 Å². The van der Waals surface area contributed by atoms with Crippen LogP contribution in [0.4, 0.5) is 0 Å². The quantitative estimate of drug-likeness (QED) is 0.363. The van der Waals surface area contributed by atoms with E-state index in [-0.39, 0.29) is 24.2 Å². The Kier molecular flexibility index (Phi) is 3.19. The summed E-state index contributed by atoms with van der Waals surface area (Å²) in [6.07, 6.45) is 4.00. The molecule has 0 saturated carbocycles. The zero-order valence-corrected chi connectivity index (χ0v) is 8.15. The molecule has 1 aliphatic rings. The molecule has 1 aliphatic heterocycles. The van der Waals surface area contributed by atoms with Crippen molar-refractivity contribution in [1.29, 1.82) is 0 Å². The van der Waals surface area contributed by atoms with Gasteiger partial charge < -0.3 is 12.4 Å². The number of halogens is 1. The SMILES string of the molecule is O=C1CCC(=O)N1[n+]1ccccc1.[Cl-]. The van der Waals surface area contributed by atoms with Gasteiger partial charge in [-0.2, -0.15) is 0 Å². The molecule has 2 rings (SSSR count). The molecule has 1 aromatic rings. The summed E-state index contributed by atoms with van der Waals surface area (Å²) in [4.78, 5) is 22.5. The van der Waals surface area contributed by atoms with Crippen molar-refractivity contribution in [2.45, 2.75) is 12.8 Å². The molecule has 0 bridgehead atoms. The van der Waals surface area contributed by atoms with Crippen LogP contribution in [0.1, 0.15) is 12.8 Å². The molecule has 0 atom stereocenters. The van der Waals surface area contributed by atoms with Crippen LogP contribution in [0, 0.1) is 0 Å². The van der Waals surface area contributed by atoms with Crippen molar-refractivity contribution in [3.05, 3.63) is 30.6 Å². The standard InChI is InChI=1S/C9H9N2O2.ClH/c12-8-4-5-9(13)11(8)10-6-2-1-3-7-10;/h1-3,6-7H,4-5H2;1H/q+1;/p-1. The Morgan fingerprint density at radius 2 is 1.50 bits per heavy atom. The third-order valence-electron chi connectivity index (χ3n) is 1.96. The smallest absolute Gasteiger partial charge is 0.287 e. The highest BCUT2D eigenvalue weighted by molar-refractivity contribution is 6.12. The van der Waals surface area contributed by atoms with Gasteiger partial charge in [0.2, 0.25) is 12.4 Å². The van der Waals surface area contributed by atoms with Gasteiger partial charge in [0.1, 0.15) is 0 Å². The topological polar surface area (TPSA) is 41.3 Å². The van der Waals surface area contributed by atoms with Gasteiger partial charge in [-0.15, -0.1) is 0 Å². The van der Waals surface area contributed by atoms with Crippen molar-refractivity contribution in [3.63, 3.8) is 0 Å². The number of nitrogens with zero attached hydrogens (tertiary/aromatic N) is 2. The second kappa shape index (κ2) is 4.19. The highest BCUT2D eigenvalue weighted by Crippen LogP contribution is 2.05. The molecule has 2 amide bonds. The number of carbonyl (C=O) groups is 2. The molecule has 0 aliphatic carbocycles. The Labute approximate surface area is 87.5 Å². The molecule has 0 N–H and O–H groups in total. The van der Waals surface area contributed by atoms with Gasteiger partial charge in [0.05, 0.1) is 0 Å². The predicted molar refractivity (Wildman–Crippen MR) is 44.1 cm³/mol. The number of hydrogen-bond donors (Lipinski definition) is 0. The van der Waals surface area contributed by atoms with Gasteiger partial charge in [-0.1, -0.05) is 10.7 Å². The number of amides is 2. The highest BCUT2D eigenvalue weighted by Gasteiger charge is 2.36. The van der Waals surface area contributed by atoms with Crippen LogP contribution in [0.5, 0.6) is 0 Å². The number of carbonyl (C=O) groups excluding carboxylic acids is 2. The zero-order valence-electron chi connectivity index (χ0n) is 7.39. The molecule has 5 heteroatoms. The van der Waals surface area contributed by atoms with Gasteiger partial charge in [-0.05, 0) is 5.01 Å². The van der Waals surface area contributed by atoms with Crippen LogP contribution in [0.25, 0.3) is 0 Å². The average molecular weight is 213 g/mol. The summed E-state index contributed by atoms with van der Waals surface area (Å²) in [5.74, 6) is -0.276. The lowest BCUT2D eigenvalue weighted by atomic mass is 10.4. The monoisotopic (exact) mass is 212 g/mol. The number of hydrogen-bond acceptors (Lipinski definition) is 2. The molecular formula is C9H9ClN2O2. The molecule has 1 saturated heterocycles. The maximum Gasteiger partial charge on any atom is 0.287 e. The molecule has 1 aromatic heterocycles. The fraction of sp³-hybridized carbons (Fsp3) is 0.222. The molecule has 0 spiro atoms. The predicted octanol–water partition coefficient (Wildman–Crippen LogP) is -3.24. The summed E-state index contributed by atoms with van der Waals surface area (Å²) in [5, 5.41) is 1.17. The number of rotatable bonds is 1. The summed E-state index contributed by atoms with van der Waals surface area (Å²) in [5.41, 5.74) is 0. The largest absolute Gasteiger partial charge is 1.00 e. The fourth-order valence-electron chi connectivity index (χ4n) is 1.35. The Balaban J connectivity index is 0.000000980. The van der Waals surface area contributed by atoms with Crippen molar-refractivity contribution >= 4 is 11.8 Å². The molecule has 0 radical (unpaired) electrons. The van der Waals surface area contributed by atoms with Gasteiger partial charge in [0.15, 0.2) is 0 Å². The summed E-state index contributed by atoms with van der Waals surface area (Å²) in [6.45, 7) is 0. The van der Waals surface area contributed by atoms with Gasteiger partial charge >= 0.3 is 0 Å². The van der Waals surface area contributed by atoms with E-state index in [0.717, 1.165) is 0 Å². The van der Waals surface area contributed by atoms with Crippen LogP contribution >= 0.6 is 0 Å². The van der Waals surface area contributed by atoms with Crippen LogP contribution in [0.15, 0.2) is 30.6 Å². The maximum atomic E-state index is 11.3. The molecule has 0 aromatic carbocycles.